The van der Waals surface area contributed by atoms with E-state index < -0.39 is 0 Å². The van der Waals surface area contributed by atoms with Gasteiger partial charge in [0.2, 0.25) is 0 Å². The second-order valence-electron chi connectivity index (χ2n) is 12.1. The minimum atomic E-state index is 1.13. The molecule has 0 unspecified atom stereocenters. The van der Waals surface area contributed by atoms with E-state index in [4.69, 9.17) is 0 Å². The van der Waals surface area contributed by atoms with Crippen LogP contribution >= 0.6 is 0 Å². The topological polar surface area (TPSA) is 3.24 Å². The van der Waals surface area contributed by atoms with Crippen LogP contribution in [0.25, 0.3) is 65.3 Å². The van der Waals surface area contributed by atoms with Gasteiger partial charge in [-0.05, 0) is 67.4 Å². The van der Waals surface area contributed by atoms with Gasteiger partial charge >= 0.3 is 0 Å². The van der Waals surface area contributed by atoms with Crippen LogP contribution < -0.4 is 4.90 Å². The standard InChI is InChI=1S/C46H31N/c1-3-16-32(17-4-1)35-30-31-41(38-24-10-9-23-37(35)38)45-39-25-11-13-27-42(39)46(43-28-14-12-26-40(43)45)47(34-20-5-2-6-21-34)44-29-15-19-33-18-7-8-22-36(33)44/h1-31H. The maximum Gasteiger partial charge on any atom is 0.0619 e. The molecule has 0 aliphatic heterocycles. The lowest BCUT2D eigenvalue weighted by Gasteiger charge is -2.30. The van der Waals surface area contributed by atoms with E-state index in [2.05, 4.69) is 193 Å². The molecule has 0 fully saturated rings. The van der Waals surface area contributed by atoms with Gasteiger partial charge in [-0.25, -0.2) is 0 Å². The predicted octanol–water partition coefficient (Wildman–Crippen LogP) is 13.1. The molecule has 0 aliphatic rings. The summed E-state index contributed by atoms with van der Waals surface area (Å²) in [6.07, 6.45) is 0. The Hall–Kier alpha value is -6.18. The summed E-state index contributed by atoms with van der Waals surface area (Å²) >= 11 is 0. The first-order chi connectivity index (χ1) is 23.4. The maximum atomic E-state index is 2.47. The van der Waals surface area contributed by atoms with E-state index in [0.717, 1.165) is 11.4 Å². The molecule has 0 amide bonds. The van der Waals surface area contributed by atoms with Gasteiger partial charge < -0.3 is 4.90 Å². The van der Waals surface area contributed by atoms with Crippen molar-refractivity contribution in [2.75, 3.05) is 4.90 Å². The van der Waals surface area contributed by atoms with Crippen LogP contribution in [0.15, 0.2) is 188 Å². The first-order valence-corrected chi connectivity index (χ1v) is 16.2. The smallest absolute Gasteiger partial charge is 0.0619 e. The van der Waals surface area contributed by atoms with Crippen LogP contribution in [-0.2, 0) is 0 Å². The van der Waals surface area contributed by atoms with Crippen LogP contribution in [0.1, 0.15) is 0 Å². The molecule has 0 atom stereocenters. The molecule has 0 saturated carbocycles. The minimum absolute atomic E-state index is 1.13. The highest BCUT2D eigenvalue weighted by Gasteiger charge is 2.24. The molecule has 0 heterocycles. The molecule has 220 valence electrons. The Morgan fingerprint density at radius 3 is 1.43 bits per heavy atom. The van der Waals surface area contributed by atoms with Crippen LogP contribution in [0.4, 0.5) is 17.1 Å². The highest BCUT2D eigenvalue weighted by Crippen LogP contribution is 2.50. The zero-order valence-electron chi connectivity index (χ0n) is 25.8. The third-order valence-corrected chi connectivity index (χ3v) is 9.43. The van der Waals surface area contributed by atoms with Gasteiger partial charge in [0.05, 0.1) is 11.4 Å². The van der Waals surface area contributed by atoms with Crippen LogP contribution in [0.3, 0.4) is 0 Å². The first-order valence-electron chi connectivity index (χ1n) is 16.2. The summed E-state index contributed by atoms with van der Waals surface area (Å²) in [5, 5.41) is 9.86. The van der Waals surface area contributed by atoms with E-state index in [1.54, 1.807) is 0 Å². The molecule has 1 nitrogen and oxygen atoms in total. The van der Waals surface area contributed by atoms with Gasteiger partial charge in [0, 0.05) is 21.8 Å². The Kier molecular flexibility index (Phi) is 6.54. The Balaban J connectivity index is 1.40. The summed E-state index contributed by atoms with van der Waals surface area (Å²) in [5.74, 6) is 0. The van der Waals surface area contributed by atoms with Crippen molar-refractivity contribution in [2.24, 2.45) is 0 Å². The Morgan fingerprint density at radius 2 is 0.766 bits per heavy atom. The van der Waals surface area contributed by atoms with Crippen molar-refractivity contribution in [3.63, 3.8) is 0 Å². The lowest BCUT2D eigenvalue weighted by Crippen LogP contribution is -2.12. The predicted molar refractivity (Wildman–Crippen MR) is 202 cm³/mol. The molecule has 47 heavy (non-hydrogen) atoms. The third kappa shape index (κ3) is 4.47. The second-order valence-corrected chi connectivity index (χ2v) is 12.1. The van der Waals surface area contributed by atoms with Gasteiger partial charge in [0.15, 0.2) is 0 Å². The van der Waals surface area contributed by atoms with E-state index in [1.165, 1.54) is 71.0 Å². The highest BCUT2D eigenvalue weighted by molar-refractivity contribution is 6.25. The van der Waals surface area contributed by atoms with Gasteiger partial charge in [-0.1, -0.05) is 170 Å². The number of nitrogens with zero attached hydrogens (tertiary/aromatic N) is 1. The van der Waals surface area contributed by atoms with Crippen molar-refractivity contribution in [3.8, 4) is 22.3 Å². The molecule has 9 aromatic rings. The van der Waals surface area contributed by atoms with Crippen molar-refractivity contribution in [2.45, 2.75) is 0 Å². The highest BCUT2D eigenvalue weighted by atomic mass is 15.1. The number of benzene rings is 9. The van der Waals surface area contributed by atoms with Crippen LogP contribution in [0.5, 0.6) is 0 Å². The number of rotatable bonds is 5. The summed E-state index contributed by atoms with van der Waals surface area (Å²) in [5.41, 5.74) is 8.47. The zero-order chi connectivity index (χ0) is 31.2. The van der Waals surface area contributed by atoms with E-state index in [0.29, 0.717) is 0 Å². The van der Waals surface area contributed by atoms with E-state index in [1.807, 2.05) is 0 Å². The van der Waals surface area contributed by atoms with Crippen molar-refractivity contribution in [3.05, 3.63) is 188 Å². The lowest BCUT2D eigenvalue weighted by molar-refractivity contribution is 1.33. The summed E-state index contributed by atoms with van der Waals surface area (Å²) in [6.45, 7) is 0. The fraction of sp³-hybridized carbons (Fsp3) is 0. The Morgan fingerprint density at radius 1 is 0.298 bits per heavy atom. The van der Waals surface area contributed by atoms with E-state index in [-0.39, 0.29) is 0 Å². The molecule has 0 saturated heterocycles. The maximum absolute atomic E-state index is 2.47. The SMILES string of the molecule is c1ccc(-c2ccc(-c3c4ccccc4c(N(c4ccccc4)c4cccc5ccccc45)c4ccccc34)c3ccccc23)cc1. The molecule has 0 spiro atoms. The molecule has 0 N–H and O–H groups in total. The van der Waals surface area contributed by atoms with Gasteiger partial charge in [-0.3, -0.25) is 0 Å². The average Bonchev–Trinajstić information content (AvgIpc) is 3.15. The van der Waals surface area contributed by atoms with Crippen LogP contribution in [0, 0.1) is 0 Å². The largest absolute Gasteiger partial charge is 0.309 e. The monoisotopic (exact) mass is 597 g/mol. The molecular weight excluding hydrogens is 567 g/mol. The molecule has 0 radical (unpaired) electrons. The summed E-state index contributed by atoms with van der Waals surface area (Å²) in [7, 11) is 0. The van der Waals surface area contributed by atoms with Crippen molar-refractivity contribution >= 4 is 60.2 Å². The average molecular weight is 598 g/mol. The normalized spacial score (nSPS) is 11.4. The van der Waals surface area contributed by atoms with Gasteiger partial charge in [-0.2, -0.15) is 0 Å². The number of para-hydroxylation sites is 1. The van der Waals surface area contributed by atoms with Crippen LogP contribution in [0.2, 0.25) is 0 Å². The molecule has 0 bridgehead atoms. The van der Waals surface area contributed by atoms with Crippen molar-refractivity contribution in [1.82, 2.24) is 0 Å². The van der Waals surface area contributed by atoms with Crippen molar-refractivity contribution < 1.29 is 0 Å². The first kappa shape index (κ1) is 27.2. The number of anilines is 3. The van der Waals surface area contributed by atoms with Crippen LogP contribution in [-0.4, -0.2) is 0 Å². The fourth-order valence-electron chi connectivity index (χ4n) is 7.39. The van der Waals surface area contributed by atoms with E-state index >= 15 is 0 Å². The van der Waals surface area contributed by atoms with Gasteiger partial charge in [0.1, 0.15) is 0 Å². The number of hydrogen-bond donors (Lipinski definition) is 0. The van der Waals surface area contributed by atoms with Gasteiger partial charge in [-0.15, -0.1) is 0 Å². The number of fused-ring (bicyclic) bond motifs is 4. The molecule has 0 aromatic heterocycles. The molecular formula is C46H31N. The third-order valence-electron chi connectivity index (χ3n) is 9.43. The lowest BCUT2D eigenvalue weighted by atomic mass is 9.86. The Labute approximate surface area is 274 Å². The molecule has 1 heteroatoms. The summed E-state index contributed by atoms with van der Waals surface area (Å²) < 4.78 is 0. The molecule has 9 aromatic carbocycles. The molecule has 9 rings (SSSR count). The summed E-state index contributed by atoms with van der Waals surface area (Å²) in [4.78, 5) is 2.47. The van der Waals surface area contributed by atoms with Gasteiger partial charge in [0.25, 0.3) is 0 Å². The number of hydrogen-bond acceptors (Lipinski definition) is 1. The van der Waals surface area contributed by atoms with Crippen molar-refractivity contribution in [1.29, 1.82) is 0 Å². The zero-order valence-corrected chi connectivity index (χ0v) is 25.8. The quantitative estimate of drug-likeness (QED) is 0.178. The Bertz CT molecular complexity index is 2500. The second kappa shape index (κ2) is 11.3. The summed E-state index contributed by atoms with van der Waals surface area (Å²) in [6, 6.07) is 68.2. The molecule has 0 aliphatic carbocycles. The minimum Gasteiger partial charge on any atom is -0.309 e. The van der Waals surface area contributed by atoms with E-state index in [9.17, 15) is 0 Å². The fourth-order valence-corrected chi connectivity index (χ4v) is 7.39.